The van der Waals surface area contributed by atoms with Crippen LogP contribution in [0.15, 0.2) is 133 Å². The van der Waals surface area contributed by atoms with Crippen LogP contribution in [-0.2, 0) is 5.41 Å². The fraction of sp³-hybridized carbons (Fsp3) is 0.140. The summed E-state index contributed by atoms with van der Waals surface area (Å²) in [4.78, 5) is 15.5. The van der Waals surface area contributed by atoms with Crippen LogP contribution in [0, 0.1) is 0 Å². The van der Waals surface area contributed by atoms with Gasteiger partial charge < -0.3 is 0 Å². The molecule has 4 nitrogen and oxygen atoms in total. The van der Waals surface area contributed by atoms with Gasteiger partial charge in [0, 0.05) is 32.7 Å². The molecular weight excluding hydrogens is 573 g/mol. The molecule has 1 saturated carbocycles. The quantitative estimate of drug-likeness (QED) is 0.201. The minimum absolute atomic E-state index is 0.00902. The predicted octanol–water partition coefficient (Wildman–Crippen LogP) is 10.7. The summed E-state index contributed by atoms with van der Waals surface area (Å²) in [7, 11) is 0. The molecule has 2 heterocycles. The number of nitrogens with zero attached hydrogens (tertiary/aromatic N) is 4. The summed E-state index contributed by atoms with van der Waals surface area (Å²) in [5.41, 5.74) is 10.0. The van der Waals surface area contributed by atoms with Crippen molar-refractivity contribution >= 4 is 32.6 Å². The number of fused-ring (bicyclic) bond motifs is 12. The van der Waals surface area contributed by atoms with Crippen molar-refractivity contribution in [2.24, 2.45) is 0 Å². The van der Waals surface area contributed by atoms with Crippen LogP contribution in [0.4, 0.5) is 0 Å². The summed E-state index contributed by atoms with van der Waals surface area (Å²) >= 11 is 0. The molecule has 2 aliphatic rings. The van der Waals surface area contributed by atoms with E-state index < -0.39 is 0 Å². The van der Waals surface area contributed by atoms with Crippen LogP contribution in [0.2, 0.25) is 0 Å². The highest BCUT2D eigenvalue weighted by Gasteiger charge is 2.46. The summed E-state index contributed by atoms with van der Waals surface area (Å²) in [6.07, 6.45) is 6.13. The molecule has 4 heteroatoms. The summed E-state index contributed by atoms with van der Waals surface area (Å²) in [6, 6.07) is 47.6. The maximum absolute atomic E-state index is 5.26. The van der Waals surface area contributed by atoms with Crippen LogP contribution < -0.4 is 0 Å². The van der Waals surface area contributed by atoms with E-state index in [-0.39, 0.29) is 5.41 Å². The average molecular weight is 605 g/mol. The zero-order chi connectivity index (χ0) is 31.0. The first-order valence-corrected chi connectivity index (χ1v) is 16.8. The third kappa shape index (κ3) is 3.79. The summed E-state index contributed by atoms with van der Waals surface area (Å²) in [5.74, 6) is 1.98. The molecule has 1 fully saturated rings. The molecule has 0 unspecified atom stereocenters. The monoisotopic (exact) mass is 604 g/mol. The van der Waals surface area contributed by atoms with Gasteiger partial charge in [0.15, 0.2) is 11.6 Å². The largest absolute Gasteiger partial charge is 0.277 e. The van der Waals surface area contributed by atoms with Gasteiger partial charge >= 0.3 is 0 Å². The molecule has 224 valence electrons. The number of aromatic nitrogens is 4. The van der Waals surface area contributed by atoms with Gasteiger partial charge in [-0.1, -0.05) is 147 Å². The van der Waals surface area contributed by atoms with E-state index in [1.165, 1.54) is 81.4 Å². The third-order valence-electron chi connectivity index (χ3n) is 10.6. The number of para-hydroxylation sites is 1. The Kier molecular flexibility index (Phi) is 5.77. The maximum Gasteiger partial charge on any atom is 0.238 e. The number of benzene rings is 6. The smallest absolute Gasteiger partial charge is 0.238 e. The van der Waals surface area contributed by atoms with Crippen molar-refractivity contribution < 1.29 is 0 Å². The van der Waals surface area contributed by atoms with E-state index in [2.05, 4.69) is 102 Å². The molecule has 6 aromatic carbocycles. The van der Waals surface area contributed by atoms with E-state index in [1.807, 2.05) is 36.4 Å². The second kappa shape index (κ2) is 10.2. The fourth-order valence-corrected chi connectivity index (χ4v) is 8.71. The van der Waals surface area contributed by atoms with E-state index in [4.69, 9.17) is 15.0 Å². The second-order valence-corrected chi connectivity index (χ2v) is 13.1. The van der Waals surface area contributed by atoms with Crippen LogP contribution in [-0.4, -0.2) is 19.5 Å². The summed E-state index contributed by atoms with van der Waals surface area (Å²) in [5, 5.41) is 5.12. The standard InChI is InChI=1S/C43H32N4/c1-4-16-28(17-5-1)40-44-41(29-18-6-2-7-19-29)46-42(45-40)47-35-25-13-11-23-33(35)37-38-36(30-20-8-9-21-31(30)39(37)47)32-22-10-12-24-34(32)43(38)26-14-3-15-27-43/h1-2,4-13,16-25H,3,14-15,26-27H2. The van der Waals surface area contributed by atoms with Gasteiger partial charge in [-0.3, -0.25) is 4.57 Å². The van der Waals surface area contributed by atoms with E-state index >= 15 is 0 Å². The molecular formula is C43H32N4. The molecule has 0 saturated heterocycles. The van der Waals surface area contributed by atoms with E-state index in [0.29, 0.717) is 17.6 Å². The first-order valence-electron chi connectivity index (χ1n) is 16.8. The minimum atomic E-state index is -0.00902. The van der Waals surface area contributed by atoms with Crippen molar-refractivity contribution in [3.63, 3.8) is 0 Å². The van der Waals surface area contributed by atoms with Crippen LogP contribution in [0.5, 0.6) is 0 Å². The highest BCUT2D eigenvalue weighted by molar-refractivity contribution is 6.25. The van der Waals surface area contributed by atoms with Crippen molar-refractivity contribution in [1.29, 1.82) is 0 Å². The average Bonchev–Trinajstić information content (AvgIpc) is 3.63. The molecule has 0 bridgehead atoms. The molecule has 1 spiro atoms. The Morgan fingerprint density at radius 1 is 0.511 bits per heavy atom. The lowest BCUT2D eigenvalue weighted by molar-refractivity contribution is 0.355. The normalized spacial score (nSPS) is 15.0. The lowest BCUT2D eigenvalue weighted by atomic mass is 9.66. The zero-order valence-electron chi connectivity index (χ0n) is 26.0. The number of rotatable bonds is 3. The van der Waals surface area contributed by atoms with Crippen LogP contribution in [0.1, 0.15) is 43.2 Å². The molecule has 0 atom stereocenters. The van der Waals surface area contributed by atoms with Crippen molar-refractivity contribution in [3.05, 3.63) is 145 Å². The van der Waals surface area contributed by atoms with Gasteiger partial charge in [0.25, 0.3) is 0 Å². The van der Waals surface area contributed by atoms with Gasteiger partial charge in [-0.2, -0.15) is 9.97 Å². The highest BCUT2D eigenvalue weighted by Crippen LogP contribution is 2.61. The van der Waals surface area contributed by atoms with Crippen molar-refractivity contribution in [1.82, 2.24) is 19.5 Å². The van der Waals surface area contributed by atoms with Crippen LogP contribution in [0.25, 0.3) is 72.4 Å². The first-order chi connectivity index (χ1) is 23.3. The highest BCUT2D eigenvalue weighted by atomic mass is 15.2. The van der Waals surface area contributed by atoms with Crippen molar-refractivity contribution in [2.45, 2.75) is 37.5 Å². The van der Waals surface area contributed by atoms with Gasteiger partial charge in [0.05, 0.1) is 11.0 Å². The molecule has 10 rings (SSSR count). The Hall–Kier alpha value is -5.61. The Morgan fingerprint density at radius 2 is 1.09 bits per heavy atom. The molecule has 0 radical (unpaired) electrons. The van der Waals surface area contributed by atoms with Gasteiger partial charge in [-0.05, 0) is 46.5 Å². The van der Waals surface area contributed by atoms with Crippen molar-refractivity contribution in [2.75, 3.05) is 0 Å². The predicted molar refractivity (Wildman–Crippen MR) is 192 cm³/mol. The summed E-state index contributed by atoms with van der Waals surface area (Å²) < 4.78 is 2.33. The number of hydrogen-bond donors (Lipinski definition) is 0. The van der Waals surface area contributed by atoms with Crippen LogP contribution in [0.3, 0.4) is 0 Å². The van der Waals surface area contributed by atoms with E-state index in [1.54, 1.807) is 0 Å². The first kappa shape index (κ1) is 26.6. The topological polar surface area (TPSA) is 43.6 Å². The Bertz CT molecular complexity index is 2430. The molecule has 2 aromatic heterocycles. The van der Waals surface area contributed by atoms with Gasteiger partial charge in [0.1, 0.15) is 0 Å². The Balaban J connectivity index is 1.39. The van der Waals surface area contributed by atoms with Crippen LogP contribution >= 0.6 is 0 Å². The van der Waals surface area contributed by atoms with Gasteiger partial charge in [-0.15, -0.1) is 0 Å². The molecule has 0 amide bonds. The molecule has 2 aliphatic carbocycles. The minimum Gasteiger partial charge on any atom is -0.277 e. The van der Waals surface area contributed by atoms with E-state index in [9.17, 15) is 0 Å². The number of hydrogen-bond acceptors (Lipinski definition) is 3. The maximum atomic E-state index is 5.26. The van der Waals surface area contributed by atoms with Gasteiger partial charge in [-0.25, -0.2) is 4.98 Å². The molecule has 8 aromatic rings. The molecule has 0 aliphatic heterocycles. The SMILES string of the molecule is c1ccc(-c2nc(-c3ccccc3)nc(-n3c4ccccc4c4c5c(c6ccccc6c43)-c3ccccc3C53CCCCC3)n2)cc1. The van der Waals surface area contributed by atoms with Gasteiger partial charge in [0.2, 0.25) is 5.95 Å². The lowest BCUT2D eigenvalue weighted by Gasteiger charge is -2.36. The summed E-state index contributed by atoms with van der Waals surface area (Å²) in [6.45, 7) is 0. The van der Waals surface area contributed by atoms with Crippen molar-refractivity contribution in [3.8, 4) is 39.9 Å². The fourth-order valence-electron chi connectivity index (χ4n) is 8.71. The molecule has 47 heavy (non-hydrogen) atoms. The molecule has 0 N–H and O–H groups in total. The zero-order valence-corrected chi connectivity index (χ0v) is 26.0. The third-order valence-corrected chi connectivity index (χ3v) is 10.6. The second-order valence-electron chi connectivity index (χ2n) is 13.1. The lowest BCUT2D eigenvalue weighted by Crippen LogP contribution is -2.28. The Labute approximate surface area is 273 Å². The Morgan fingerprint density at radius 3 is 1.79 bits per heavy atom. The van der Waals surface area contributed by atoms with E-state index in [0.717, 1.165) is 16.6 Å².